The van der Waals surface area contributed by atoms with Crippen LogP contribution in [0.4, 0.5) is 30.5 Å². The quantitative estimate of drug-likeness (QED) is 0.283. The van der Waals surface area contributed by atoms with Crippen molar-refractivity contribution >= 4 is 23.2 Å². The lowest BCUT2D eigenvalue weighted by atomic mass is 9.82. The third kappa shape index (κ3) is 6.30. The van der Waals surface area contributed by atoms with E-state index in [-0.39, 0.29) is 43.1 Å². The number of β-amino-alcohol motifs (C(OH)–C–C–N with tert-alkyl or cyclic N) is 1. The Hall–Kier alpha value is -3.90. The smallest absolute Gasteiger partial charge is 0.419 e. The maximum absolute atomic E-state index is 14.0. The van der Waals surface area contributed by atoms with Gasteiger partial charge in [0.05, 0.1) is 28.0 Å². The lowest BCUT2D eigenvalue weighted by Crippen LogP contribution is -2.43. The lowest BCUT2D eigenvalue weighted by Gasteiger charge is -2.36. The minimum Gasteiger partial charge on any atom is -0.453 e. The number of ether oxygens (including phenoxy) is 2. The Balaban J connectivity index is 1.25. The standard InChI is InChI=1S/C33H38F3N5O4/c1-31(2,43)17-41-14-6-8-20(16-41)21-11-13-25(28-27(21)44-18-45-28)40-30-37-15-22(33(34,35)36)23(39-30)12-10-19-7-5-9-24-26(19)32(3,4)29(42)38-24/h5,7,9,11,13,15,20,43H,6,8,10,12,14,16-18H2,1-4H3,(H,38,42)(H,37,39,40). The summed E-state index contributed by atoms with van der Waals surface area (Å²) in [6.45, 7) is 9.48. The van der Waals surface area contributed by atoms with Gasteiger partial charge in [-0.15, -0.1) is 0 Å². The average molecular weight is 626 g/mol. The highest BCUT2D eigenvalue weighted by Gasteiger charge is 2.40. The van der Waals surface area contributed by atoms with Gasteiger partial charge in [0.25, 0.3) is 0 Å². The van der Waals surface area contributed by atoms with Crippen LogP contribution in [0.15, 0.2) is 36.5 Å². The zero-order chi connectivity index (χ0) is 32.1. The third-order valence-electron chi connectivity index (χ3n) is 8.75. The predicted octanol–water partition coefficient (Wildman–Crippen LogP) is 5.93. The topological polar surface area (TPSA) is 109 Å². The van der Waals surface area contributed by atoms with Crippen molar-refractivity contribution in [1.82, 2.24) is 14.9 Å². The molecular weight excluding hydrogens is 587 g/mol. The molecule has 4 heterocycles. The first-order chi connectivity index (χ1) is 21.2. The van der Waals surface area contributed by atoms with Gasteiger partial charge in [-0.25, -0.2) is 9.97 Å². The van der Waals surface area contributed by atoms with Crippen LogP contribution < -0.4 is 20.1 Å². The van der Waals surface area contributed by atoms with E-state index in [1.165, 1.54) is 0 Å². The first-order valence-corrected chi connectivity index (χ1v) is 15.2. The van der Waals surface area contributed by atoms with Gasteiger partial charge in [0.2, 0.25) is 18.6 Å². The van der Waals surface area contributed by atoms with E-state index in [1.54, 1.807) is 39.8 Å². The van der Waals surface area contributed by atoms with Gasteiger partial charge in [0.15, 0.2) is 11.5 Å². The number of aryl methyl sites for hydroxylation is 2. The number of fused-ring (bicyclic) bond motifs is 2. The van der Waals surface area contributed by atoms with E-state index in [0.717, 1.165) is 48.8 Å². The number of piperidine rings is 1. The van der Waals surface area contributed by atoms with Gasteiger partial charge in [-0.3, -0.25) is 9.69 Å². The summed E-state index contributed by atoms with van der Waals surface area (Å²) in [5.41, 5.74) is 1.12. The summed E-state index contributed by atoms with van der Waals surface area (Å²) >= 11 is 0. The van der Waals surface area contributed by atoms with Crippen LogP contribution in [-0.4, -0.2) is 57.9 Å². The van der Waals surface area contributed by atoms with Crippen molar-refractivity contribution in [3.63, 3.8) is 0 Å². The average Bonchev–Trinajstić information content (AvgIpc) is 3.54. The van der Waals surface area contributed by atoms with Gasteiger partial charge >= 0.3 is 6.18 Å². The molecule has 240 valence electrons. The molecule has 3 aromatic rings. The number of anilines is 3. The summed E-state index contributed by atoms with van der Waals surface area (Å²) in [5.74, 6) is 1.11. The number of halogens is 3. The Kier molecular flexibility index (Phi) is 7.93. The van der Waals surface area contributed by atoms with Crippen molar-refractivity contribution in [2.75, 3.05) is 37.1 Å². The molecule has 3 aliphatic rings. The molecule has 1 fully saturated rings. The molecule has 3 N–H and O–H groups in total. The van der Waals surface area contributed by atoms with E-state index in [2.05, 4.69) is 25.5 Å². The number of aromatic nitrogens is 2. The fraction of sp³-hybridized carbons (Fsp3) is 0.485. The number of rotatable bonds is 8. The Morgan fingerprint density at radius 1 is 1.13 bits per heavy atom. The summed E-state index contributed by atoms with van der Waals surface area (Å²) in [4.78, 5) is 23.1. The number of carbonyl (C=O) groups is 1. The molecule has 2 aromatic carbocycles. The van der Waals surface area contributed by atoms with E-state index < -0.39 is 22.8 Å². The zero-order valence-electron chi connectivity index (χ0n) is 25.8. The van der Waals surface area contributed by atoms with Crippen molar-refractivity contribution in [2.24, 2.45) is 0 Å². The summed E-state index contributed by atoms with van der Waals surface area (Å²) in [6, 6.07) is 9.20. The number of likely N-dealkylation sites (tertiary alicyclic amines) is 1. The van der Waals surface area contributed by atoms with Crippen molar-refractivity contribution in [3.8, 4) is 11.5 Å². The maximum Gasteiger partial charge on any atom is 0.419 e. The second-order valence-electron chi connectivity index (χ2n) is 13.2. The second-order valence-corrected chi connectivity index (χ2v) is 13.2. The van der Waals surface area contributed by atoms with Gasteiger partial charge in [-0.05, 0) is 83.2 Å². The lowest BCUT2D eigenvalue weighted by molar-refractivity contribution is -0.138. The molecule has 3 aliphatic heterocycles. The van der Waals surface area contributed by atoms with Crippen molar-refractivity contribution in [3.05, 3.63) is 64.5 Å². The van der Waals surface area contributed by atoms with Crippen molar-refractivity contribution < 1.29 is 32.5 Å². The summed E-state index contributed by atoms with van der Waals surface area (Å²) in [6.07, 6.45) is -1.64. The SMILES string of the molecule is CC(C)(O)CN1CCCC(c2ccc(Nc3ncc(C(F)(F)F)c(CCc4cccc5c4C(C)(C)C(=O)N5)n3)c3c2OCO3)C1. The van der Waals surface area contributed by atoms with Crippen LogP contribution in [-0.2, 0) is 29.2 Å². The number of hydrogen-bond donors (Lipinski definition) is 3. The Morgan fingerprint density at radius 3 is 2.67 bits per heavy atom. The highest BCUT2D eigenvalue weighted by molar-refractivity contribution is 6.06. The molecule has 1 amide bonds. The fourth-order valence-corrected chi connectivity index (χ4v) is 6.76. The number of aliphatic hydroxyl groups is 1. The fourth-order valence-electron chi connectivity index (χ4n) is 6.76. The highest BCUT2D eigenvalue weighted by atomic mass is 19.4. The third-order valence-corrected chi connectivity index (χ3v) is 8.75. The summed E-state index contributed by atoms with van der Waals surface area (Å²) < 4.78 is 53.8. The molecule has 9 nitrogen and oxygen atoms in total. The first-order valence-electron chi connectivity index (χ1n) is 15.2. The van der Waals surface area contributed by atoms with Crippen LogP contribution in [0.3, 0.4) is 0 Å². The molecule has 1 atom stereocenters. The van der Waals surface area contributed by atoms with Gasteiger partial charge in [-0.1, -0.05) is 18.2 Å². The molecular formula is C33H38F3N5O4. The molecule has 6 rings (SSSR count). The number of alkyl halides is 3. The van der Waals surface area contributed by atoms with Crippen LogP contribution in [0.1, 0.15) is 74.4 Å². The summed E-state index contributed by atoms with van der Waals surface area (Å²) in [5, 5.41) is 16.2. The van der Waals surface area contributed by atoms with E-state index in [4.69, 9.17) is 9.47 Å². The van der Waals surface area contributed by atoms with Crippen LogP contribution in [0, 0.1) is 0 Å². The molecule has 1 saturated heterocycles. The largest absolute Gasteiger partial charge is 0.453 e. The van der Waals surface area contributed by atoms with Crippen LogP contribution >= 0.6 is 0 Å². The molecule has 0 aliphatic carbocycles. The monoisotopic (exact) mass is 625 g/mol. The molecule has 0 bridgehead atoms. The molecule has 1 aromatic heterocycles. The van der Waals surface area contributed by atoms with Gasteiger partial charge in [-0.2, -0.15) is 13.2 Å². The Labute approximate surface area is 260 Å². The van der Waals surface area contributed by atoms with E-state index >= 15 is 0 Å². The Morgan fingerprint density at radius 2 is 1.91 bits per heavy atom. The van der Waals surface area contributed by atoms with Crippen LogP contribution in [0.5, 0.6) is 11.5 Å². The number of nitrogens with zero attached hydrogens (tertiary/aromatic N) is 3. The van der Waals surface area contributed by atoms with E-state index in [9.17, 15) is 23.1 Å². The minimum atomic E-state index is -4.64. The number of amides is 1. The molecule has 1 unspecified atom stereocenters. The highest BCUT2D eigenvalue weighted by Crippen LogP contribution is 2.47. The number of benzene rings is 2. The van der Waals surface area contributed by atoms with E-state index in [1.807, 2.05) is 18.2 Å². The molecule has 0 radical (unpaired) electrons. The van der Waals surface area contributed by atoms with Gasteiger partial charge in [0, 0.05) is 36.5 Å². The van der Waals surface area contributed by atoms with Crippen molar-refractivity contribution in [1.29, 1.82) is 0 Å². The maximum atomic E-state index is 14.0. The first kappa shape index (κ1) is 31.1. The summed E-state index contributed by atoms with van der Waals surface area (Å²) in [7, 11) is 0. The molecule has 45 heavy (non-hydrogen) atoms. The predicted molar refractivity (Wildman–Crippen MR) is 163 cm³/mol. The van der Waals surface area contributed by atoms with Gasteiger partial charge < -0.3 is 25.2 Å². The van der Waals surface area contributed by atoms with Crippen molar-refractivity contribution in [2.45, 2.75) is 76.5 Å². The van der Waals surface area contributed by atoms with Gasteiger partial charge in [0.1, 0.15) is 0 Å². The number of nitrogens with one attached hydrogen (secondary N) is 2. The minimum absolute atomic E-state index is 0.00735. The van der Waals surface area contributed by atoms with E-state index in [0.29, 0.717) is 29.4 Å². The molecule has 12 heteroatoms. The normalized spacial score (nSPS) is 19.4. The number of hydrogen-bond acceptors (Lipinski definition) is 8. The Bertz CT molecular complexity index is 1620. The van der Waals surface area contributed by atoms with Crippen LogP contribution in [0.2, 0.25) is 0 Å². The van der Waals surface area contributed by atoms with Crippen LogP contribution in [0.25, 0.3) is 0 Å². The second kappa shape index (κ2) is 11.5. The number of carbonyl (C=O) groups excluding carboxylic acids is 1. The molecule has 0 spiro atoms. The zero-order valence-corrected chi connectivity index (χ0v) is 25.8. The molecule has 0 saturated carbocycles.